The average molecular weight is 409 g/mol. The van der Waals surface area contributed by atoms with Crippen LogP contribution in [-0.4, -0.2) is 36.1 Å². The number of hydrazine groups is 1. The fraction of sp³-hybridized carbons (Fsp3) is 0.318. The van der Waals surface area contributed by atoms with Crippen LogP contribution >= 0.6 is 0 Å². The second kappa shape index (κ2) is 9.41. The topological polar surface area (TPSA) is 103 Å². The van der Waals surface area contributed by atoms with Crippen LogP contribution in [0.15, 0.2) is 42.5 Å². The van der Waals surface area contributed by atoms with Crippen LogP contribution in [-0.2, 0) is 4.79 Å². The standard InChI is InChI=1S/C22H27N5O3/c1-5-8-19(22(28)26-23)30-20-13-15(11-12-18(20)29-4)27(3)21-16-9-6-7-10-17(16)24-14(2)25-21/h6-7,9-13,19H,5,8,23H2,1-4H3,(H,26,28). The molecular weight excluding hydrogens is 382 g/mol. The van der Waals surface area contributed by atoms with Gasteiger partial charge >= 0.3 is 0 Å². The molecule has 158 valence electrons. The molecule has 8 nitrogen and oxygen atoms in total. The van der Waals surface area contributed by atoms with E-state index in [4.69, 9.17) is 15.3 Å². The molecule has 0 fully saturated rings. The molecule has 3 aromatic rings. The summed E-state index contributed by atoms with van der Waals surface area (Å²) in [6.45, 7) is 3.84. The van der Waals surface area contributed by atoms with Crippen LogP contribution in [0.2, 0.25) is 0 Å². The minimum Gasteiger partial charge on any atom is -0.493 e. The Balaban J connectivity index is 2.01. The van der Waals surface area contributed by atoms with Gasteiger partial charge in [-0.05, 0) is 37.6 Å². The van der Waals surface area contributed by atoms with Gasteiger partial charge in [0.2, 0.25) is 0 Å². The smallest absolute Gasteiger partial charge is 0.274 e. The predicted octanol–water partition coefficient (Wildman–Crippen LogP) is 3.25. The molecule has 0 bridgehead atoms. The van der Waals surface area contributed by atoms with Gasteiger partial charge in [-0.3, -0.25) is 10.2 Å². The lowest BCUT2D eigenvalue weighted by Gasteiger charge is -2.23. The molecule has 8 heteroatoms. The van der Waals surface area contributed by atoms with Gasteiger partial charge in [-0.15, -0.1) is 0 Å². The van der Waals surface area contributed by atoms with Crippen molar-refractivity contribution < 1.29 is 14.3 Å². The number of nitrogens with one attached hydrogen (secondary N) is 1. The lowest BCUT2D eigenvalue weighted by Crippen LogP contribution is -2.42. The highest BCUT2D eigenvalue weighted by molar-refractivity contribution is 5.91. The van der Waals surface area contributed by atoms with E-state index in [1.807, 2.05) is 62.2 Å². The number of carbonyl (C=O) groups is 1. The summed E-state index contributed by atoms with van der Waals surface area (Å²) in [6, 6.07) is 13.4. The van der Waals surface area contributed by atoms with Gasteiger partial charge in [0.25, 0.3) is 5.91 Å². The highest BCUT2D eigenvalue weighted by atomic mass is 16.5. The van der Waals surface area contributed by atoms with Gasteiger partial charge < -0.3 is 14.4 Å². The molecule has 1 unspecified atom stereocenters. The molecule has 3 N–H and O–H groups in total. The van der Waals surface area contributed by atoms with E-state index in [0.29, 0.717) is 23.7 Å². The Morgan fingerprint density at radius 1 is 1.20 bits per heavy atom. The van der Waals surface area contributed by atoms with Crippen molar-refractivity contribution in [3.63, 3.8) is 0 Å². The molecule has 2 aromatic carbocycles. The zero-order chi connectivity index (χ0) is 21.7. The zero-order valence-electron chi connectivity index (χ0n) is 17.7. The molecule has 0 aliphatic rings. The molecule has 1 heterocycles. The zero-order valence-corrected chi connectivity index (χ0v) is 17.7. The number of hydrogen-bond donors (Lipinski definition) is 2. The second-order valence-corrected chi connectivity index (χ2v) is 6.91. The Kier molecular flexibility index (Phi) is 6.68. The Hall–Kier alpha value is -3.39. The summed E-state index contributed by atoms with van der Waals surface area (Å²) in [5, 5.41) is 0.940. The molecule has 0 aliphatic heterocycles. The number of fused-ring (bicyclic) bond motifs is 1. The number of methoxy groups -OCH3 is 1. The van der Waals surface area contributed by atoms with Crippen LogP contribution in [0.25, 0.3) is 10.9 Å². The van der Waals surface area contributed by atoms with Crippen molar-refractivity contribution >= 4 is 28.3 Å². The maximum absolute atomic E-state index is 12.1. The van der Waals surface area contributed by atoms with Crippen LogP contribution in [0.3, 0.4) is 0 Å². The van der Waals surface area contributed by atoms with Crippen molar-refractivity contribution in [2.45, 2.75) is 32.8 Å². The lowest BCUT2D eigenvalue weighted by molar-refractivity contribution is -0.128. The van der Waals surface area contributed by atoms with Gasteiger partial charge in [0.15, 0.2) is 17.6 Å². The van der Waals surface area contributed by atoms with Gasteiger partial charge in [0.1, 0.15) is 11.6 Å². The van der Waals surface area contributed by atoms with Crippen molar-refractivity contribution in [3.8, 4) is 11.5 Å². The van der Waals surface area contributed by atoms with Crippen LogP contribution in [0, 0.1) is 6.92 Å². The van der Waals surface area contributed by atoms with Crippen LogP contribution in [0.4, 0.5) is 11.5 Å². The van der Waals surface area contributed by atoms with Crippen molar-refractivity contribution in [1.82, 2.24) is 15.4 Å². The molecule has 1 aromatic heterocycles. The Bertz CT molecular complexity index is 1040. The number of amides is 1. The number of aryl methyl sites for hydroxylation is 1. The van der Waals surface area contributed by atoms with Gasteiger partial charge in [0, 0.05) is 24.2 Å². The summed E-state index contributed by atoms with van der Waals surface area (Å²) >= 11 is 0. The van der Waals surface area contributed by atoms with Crippen LogP contribution in [0.1, 0.15) is 25.6 Å². The first-order chi connectivity index (χ1) is 14.5. The van der Waals surface area contributed by atoms with E-state index in [0.717, 1.165) is 28.8 Å². The predicted molar refractivity (Wildman–Crippen MR) is 117 cm³/mol. The van der Waals surface area contributed by atoms with Crippen molar-refractivity contribution in [3.05, 3.63) is 48.3 Å². The number of rotatable bonds is 8. The van der Waals surface area contributed by atoms with Crippen molar-refractivity contribution in [2.75, 3.05) is 19.1 Å². The third kappa shape index (κ3) is 4.44. The number of hydrogen-bond acceptors (Lipinski definition) is 7. The van der Waals surface area contributed by atoms with E-state index < -0.39 is 6.10 Å². The quantitative estimate of drug-likeness (QED) is 0.334. The van der Waals surface area contributed by atoms with Crippen LogP contribution < -0.4 is 25.6 Å². The normalized spacial score (nSPS) is 11.8. The fourth-order valence-electron chi connectivity index (χ4n) is 3.27. The summed E-state index contributed by atoms with van der Waals surface area (Å²) in [5.41, 5.74) is 3.87. The SMILES string of the molecule is CCCC(Oc1cc(N(C)c2nc(C)nc3ccccc23)ccc1OC)C(=O)NN. The molecule has 0 spiro atoms. The lowest BCUT2D eigenvalue weighted by atomic mass is 10.2. The molecule has 3 rings (SSSR count). The molecule has 0 saturated carbocycles. The number of aromatic nitrogens is 2. The summed E-state index contributed by atoms with van der Waals surface area (Å²) in [5.74, 6) is 7.38. The van der Waals surface area contributed by atoms with Gasteiger partial charge in [-0.2, -0.15) is 0 Å². The average Bonchev–Trinajstić information content (AvgIpc) is 2.77. The molecular formula is C22H27N5O3. The highest BCUT2D eigenvalue weighted by Gasteiger charge is 2.21. The summed E-state index contributed by atoms with van der Waals surface area (Å²) < 4.78 is 11.4. The van der Waals surface area contributed by atoms with Gasteiger partial charge in [-0.25, -0.2) is 15.8 Å². The monoisotopic (exact) mass is 409 g/mol. The first-order valence-corrected chi connectivity index (χ1v) is 9.80. The number of anilines is 2. The Labute approximate surface area is 176 Å². The van der Waals surface area contributed by atoms with Crippen LogP contribution in [0.5, 0.6) is 11.5 Å². The number of para-hydroxylation sites is 1. The van der Waals surface area contributed by atoms with Crippen molar-refractivity contribution in [2.24, 2.45) is 5.84 Å². The van der Waals surface area contributed by atoms with Gasteiger partial charge in [0.05, 0.1) is 12.6 Å². The van der Waals surface area contributed by atoms with E-state index in [2.05, 4.69) is 15.4 Å². The first-order valence-electron chi connectivity index (χ1n) is 9.80. The highest BCUT2D eigenvalue weighted by Crippen LogP contribution is 2.36. The number of ether oxygens (including phenoxy) is 2. The number of nitrogens with two attached hydrogens (primary N) is 1. The summed E-state index contributed by atoms with van der Waals surface area (Å²) in [4.78, 5) is 23.2. The molecule has 30 heavy (non-hydrogen) atoms. The Morgan fingerprint density at radius 2 is 1.97 bits per heavy atom. The minimum atomic E-state index is -0.711. The largest absolute Gasteiger partial charge is 0.493 e. The number of benzene rings is 2. The van der Waals surface area contributed by atoms with E-state index in [9.17, 15) is 4.79 Å². The minimum absolute atomic E-state index is 0.380. The van der Waals surface area contributed by atoms with E-state index in [1.165, 1.54) is 0 Å². The fourth-order valence-corrected chi connectivity index (χ4v) is 3.27. The summed E-state index contributed by atoms with van der Waals surface area (Å²) in [7, 11) is 3.49. The molecule has 1 atom stereocenters. The second-order valence-electron chi connectivity index (χ2n) is 6.91. The molecule has 0 radical (unpaired) electrons. The van der Waals surface area contributed by atoms with E-state index in [-0.39, 0.29) is 5.91 Å². The molecule has 0 saturated heterocycles. The maximum Gasteiger partial charge on any atom is 0.274 e. The van der Waals surface area contributed by atoms with E-state index in [1.54, 1.807) is 13.2 Å². The third-order valence-corrected chi connectivity index (χ3v) is 4.80. The number of carbonyl (C=O) groups excluding carboxylic acids is 1. The maximum atomic E-state index is 12.1. The molecule has 0 aliphatic carbocycles. The van der Waals surface area contributed by atoms with Gasteiger partial charge in [-0.1, -0.05) is 25.5 Å². The van der Waals surface area contributed by atoms with Crippen molar-refractivity contribution in [1.29, 1.82) is 0 Å². The number of nitrogens with zero attached hydrogens (tertiary/aromatic N) is 3. The first kappa shape index (κ1) is 21.3. The summed E-state index contributed by atoms with van der Waals surface area (Å²) in [6.07, 6.45) is 0.588. The third-order valence-electron chi connectivity index (χ3n) is 4.80. The Morgan fingerprint density at radius 3 is 2.67 bits per heavy atom. The van der Waals surface area contributed by atoms with E-state index >= 15 is 0 Å². The molecule has 1 amide bonds.